The van der Waals surface area contributed by atoms with Crippen LogP contribution >= 0.6 is 0 Å². The molecule has 0 saturated heterocycles. The van der Waals surface area contributed by atoms with E-state index in [4.69, 9.17) is 0 Å². The van der Waals surface area contributed by atoms with Crippen molar-refractivity contribution in [1.82, 2.24) is 9.55 Å². The van der Waals surface area contributed by atoms with E-state index in [9.17, 15) is 22.8 Å². The van der Waals surface area contributed by atoms with E-state index < -0.39 is 17.6 Å². The Bertz CT molecular complexity index is 1420. The minimum Gasteiger partial charge on any atom is -0.295 e. The van der Waals surface area contributed by atoms with Gasteiger partial charge < -0.3 is 0 Å². The van der Waals surface area contributed by atoms with Gasteiger partial charge in [0.1, 0.15) is 0 Å². The number of allylic oxidation sites excluding steroid dienone is 1. The molecular weight excluding hydrogens is 443 g/mol. The van der Waals surface area contributed by atoms with Crippen molar-refractivity contribution in [2.24, 2.45) is 0 Å². The minimum atomic E-state index is -4.57. The molecule has 1 heterocycles. The molecule has 172 valence electrons. The summed E-state index contributed by atoms with van der Waals surface area (Å²) in [6.45, 7) is 5.42. The number of ketones is 1. The fourth-order valence-corrected chi connectivity index (χ4v) is 3.67. The highest BCUT2D eigenvalue weighted by atomic mass is 19.4. The van der Waals surface area contributed by atoms with Crippen LogP contribution in [0.5, 0.6) is 0 Å². The van der Waals surface area contributed by atoms with Crippen LogP contribution in [-0.4, -0.2) is 21.2 Å². The van der Waals surface area contributed by atoms with Crippen LogP contribution < -0.4 is 5.32 Å². The SMILES string of the molecule is C=CC(=O)Cc1ccccc1-n1c(NC(=O)c2cccc(C(F)(F)F)c2)nc2cc(C)ccc21. The fourth-order valence-electron chi connectivity index (χ4n) is 3.67. The Labute approximate surface area is 193 Å². The first-order chi connectivity index (χ1) is 16.2. The summed E-state index contributed by atoms with van der Waals surface area (Å²) in [4.78, 5) is 29.5. The van der Waals surface area contributed by atoms with Crippen LogP contribution in [0.15, 0.2) is 79.4 Å². The highest BCUT2D eigenvalue weighted by molar-refractivity contribution is 6.04. The van der Waals surface area contributed by atoms with Crippen LogP contribution in [0.1, 0.15) is 27.0 Å². The standard InChI is InChI=1S/C26H20F3N3O2/c1-3-20(33)15-17-7-4-5-10-22(17)32-23-12-11-16(2)13-21(23)30-25(32)31-24(34)18-8-6-9-19(14-18)26(27,28)29/h3-14H,1,15H2,2H3,(H,30,31,34). The molecule has 1 aromatic heterocycles. The maximum Gasteiger partial charge on any atom is 0.416 e. The first-order valence-corrected chi connectivity index (χ1v) is 10.4. The van der Waals surface area contributed by atoms with Gasteiger partial charge in [0.05, 0.1) is 22.3 Å². The first kappa shape index (κ1) is 23.0. The quantitative estimate of drug-likeness (QED) is 0.362. The molecule has 5 nitrogen and oxygen atoms in total. The summed E-state index contributed by atoms with van der Waals surface area (Å²) >= 11 is 0. The molecule has 0 atom stereocenters. The number of para-hydroxylation sites is 1. The summed E-state index contributed by atoms with van der Waals surface area (Å²) in [7, 11) is 0. The number of carbonyl (C=O) groups is 2. The van der Waals surface area contributed by atoms with Gasteiger partial charge in [-0.2, -0.15) is 13.2 Å². The van der Waals surface area contributed by atoms with Crippen LogP contribution in [-0.2, 0) is 17.4 Å². The van der Waals surface area contributed by atoms with Gasteiger partial charge in [-0.15, -0.1) is 0 Å². The second-order valence-electron chi connectivity index (χ2n) is 7.77. The number of aryl methyl sites for hydroxylation is 1. The predicted octanol–water partition coefficient (Wildman–Crippen LogP) is 5.90. The number of aromatic nitrogens is 2. The molecule has 4 rings (SSSR count). The third kappa shape index (κ3) is 4.61. The molecule has 4 aromatic rings. The summed E-state index contributed by atoms with van der Waals surface area (Å²) in [5.74, 6) is -0.789. The van der Waals surface area contributed by atoms with Gasteiger partial charge in [-0.05, 0) is 60.5 Å². The van der Waals surface area contributed by atoms with Gasteiger partial charge >= 0.3 is 6.18 Å². The molecule has 0 radical (unpaired) electrons. The summed E-state index contributed by atoms with van der Waals surface area (Å²) in [6, 6.07) is 16.9. The Hall–Kier alpha value is -4.20. The maximum atomic E-state index is 13.1. The van der Waals surface area contributed by atoms with Gasteiger partial charge in [-0.1, -0.05) is 36.9 Å². The molecule has 0 bridgehead atoms. The number of rotatable bonds is 6. The van der Waals surface area contributed by atoms with Crippen LogP contribution in [0, 0.1) is 6.92 Å². The molecule has 0 spiro atoms. The highest BCUT2D eigenvalue weighted by Crippen LogP contribution is 2.31. The van der Waals surface area contributed by atoms with E-state index in [0.29, 0.717) is 22.3 Å². The van der Waals surface area contributed by atoms with E-state index in [1.54, 1.807) is 28.8 Å². The van der Waals surface area contributed by atoms with E-state index in [0.717, 1.165) is 17.7 Å². The summed E-state index contributed by atoms with van der Waals surface area (Å²) in [5.41, 5.74) is 2.43. The lowest BCUT2D eigenvalue weighted by atomic mass is 10.1. The number of hydrogen-bond acceptors (Lipinski definition) is 3. The first-order valence-electron chi connectivity index (χ1n) is 10.4. The number of fused-ring (bicyclic) bond motifs is 1. The lowest BCUT2D eigenvalue weighted by Crippen LogP contribution is -2.17. The van der Waals surface area contributed by atoms with Crippen molar-refractivity contribution in [1.29, 1.82) is 0 Å². The lowest BCUT2D eigenvalue weighted by Gasteiger charge is -2.14. The third-order valence-corrected chi connectivity index (χ3v) is 5.31. The number of carbonyl (C=O) groups excluding carboxylic acids is 2. The minimum absolute atomic E-state index is 0.0895. The van der Waals surface area contributed by atoms with Crippen molar-refractivity contribution >= 4 is 28.7 Å². The molecule has 0 aliphatic heterocycles. The zero-order valence-electron chi connectivity index (χ0n) is 18.2. The van der Waals surface area contributed by atoms with Crippen LogP contribution in [0.25, 0.3) is 16.7 Å². The number of amides is 1. The number of anilines is 1. The second-order valence-corrected chi connectivity index (χ2v) is 7.77. The zero-order chi connectivity index (χ0) is 24.5. The van der Waals surface area contributed by atoms with Gasteiger partial charge in [0.2, 0.25) is 5.95 Å². The number of alkyl halides is 3. The van der Waals surface area contributed by atoms with E-state index in [1.807, 2.05) is 25.1 Å². The fraction of sp³-hybridized carbons (Fsp3) is 0.115. The monoisotopic (exact) mass is 463 g/mol. The third-order valence-electron chi connectivity index (χ3n) is 5.31. The number of imidazole rings is 1. The van der Waals surface area contributed by atoms with Crippen molar-refractivity contribution in [2.75, 3.05) is 5.32 Å². The van der Waals surface area contributed by atoms with Crippen molar-refractivity contribution in [3.8, 4) is 5.69 Å². The second kappa shape index (κ2) is 8.97. The Morgan fingerprint density at radius 1 is 1.06 bits per heavy atom. The van der Waals surface area contributed by atoms with E-state index in [2.05, 4.69) is 16.9 Å². The molecule has 1 N–H and O–H groups in total. The van der Waals surface area contributed by atoms with Gasteiger partial charge in [-0.3, -0.25) is 19.5 Å². The summed E-state index contributed by atoms with van der Waals surface area (Å²) in [5, 5.41) is 2.65. The molecular formula is C26H20F3N3O2. The average molecular weight is 463 g/mol. The molecule has 8 heteroatoms. The number of benzene rings is 3. The molecule has 0 saturated carbocycles. The van der Waals surface area contributed by atoms with Crippen molar-refractivity contribution in [3.05, 3.63) is 102 Å². The Balaban J connectivity index is 1.83. The molecule has 34 heavy (non-hydrogen) atoms. The number of nitrogens with zero attached hydrogens (tertiary/aromatic N) is 2. The summed E-state index contributed by atoms with van der Waals surface area (Å²) in [6.07, 6.45) is -3.24. The molecule has 1 amide bonds. The Morgan fingerprint density at radius 2 is 1.82 bits per heavy atom. The molecule has 0 aliphatic carbocycles. The molecule has 0 unspecified atom stereocenters. The van der Waals surface area contributed by atoms with Crippen molar-refractivity contribution in [2.45, 2.75) is 19.5 Å². The molecule has 0 aliphatic rings. The lowest BCUT2D eigenvalue weighted by molar-refractivity contribution is -0.137. The molecule has 3 aromatic carbocycles. The normalized spacial score (nSPS) is 11.4. The van der Waals surface area contributed by atoms with Gasteiger partial charge in [0, 0.05) is 12.0 Å². The Morgan fingerprint density at radius 3 is 2.56 bits per heavy atom. The van der Waals surface area contributed by atoms with Crippen LogP contribution in [0.4, 0.5) is 19.1 Å². The average Bonchev–Trinajstić information content (AvgIpc) is 3.15. The van der Waals surface area contributed by atoms with Crippen molar-refractivity contribution < 1.29 is 22.8 Å². The predicted molar refractivity (Wildman–Crippen MR) is 124 cm³/mol. The smallest absolute Gasteiger partial charge is 0.295 e. The topological polar surface area (TPSA) is 64.0 Å². The van der Waals surface area contributed by atoms with E-state index in [-0.39, 0.29) is 23.7 Å². The van der Waals surface area contributed by atoms with Crippen LogP contribution in [0.3, 0.4) is 0 Å². The number of nitrogens with one attached hydrogen (secondary N) is 1. The Kier molecular flexibility index (Phi) is 6.06. The van der Waals surface area contributed by atoms with Crippen molar-refractivity contribution in [3.63, 3.8) is 0 Å². The van der Waals surface area contributed by atoms with Gasteiger partial charge in [0.15, 0.2) is 5.78 Å². The number of halogens is 3. The maximum absolute atomic E-state index is 13.1. The number of hydrogen-bond donors (Lipinski definition) is 1. The highest BCUT2D eigenvalue weighted by Gasteiger charge is 2.31. The summed E-state index contributed by atoms with van der Waals surface area (Å²) < 4.78 is 41.0. The van der Waals surface area contributed by atoms with E-state index >= 15 is 0 Å². The molecule has 0 fully saturated rings. The van der Waals surface area contributed by atoms with Gasteiger partial charge in [0.25, 0.3) is 5.91 Å². The zero-order valence-corrected chi connectivity index (χ0v) is 18.2. The van der Waals surface area contributed by atoms with Gasteiger partial charge in [-0.25, -0.2) is 4.98 Å². The van der Waals surface area contributed by atoms with Crippen LogP contribution in [0.2, 0.25) is 0 Å². The van der Waals surface area contributed by atoms with E-state index in [1.165, 1.54) is 18.2 Å². The largest absolute Gasteiger partial charge is 0.416 e.